The fourth-order valence-electron chi connectivity index (χ4n) is 2.02. The van der Waals surface area contributed by atoms with Gasteiger partial charge in [0.2, 0.25) is 0 Å². The zero-order valence-electron chi connectivity index (χ0n) is 9.53. The molecule has 0 saturated carbocycles. The zero-order chi connectivity index (χ0) is 11.7. The van der Waals surface area contributed by atoms with Gasteiger partial charge in [0.15, 0.2) is 0 Å². The maximum atomic E-state index is 5.32. The van der Waals surface area contributed by atoms with E-state index in [-0.39, 0.29) is 0 Å². The summed E-state index contributed by atoms with van der Waals surface area (Å²) >= 11 is 0. The summed E-state index contributed by atoms with van der Waals surface area (Å²) in [5.41, 5.74) is 3.22. The number of methoxy groups -OCH3 is 1. The molecule has 0 aliphatic carbocycles. The average molecular weight is 222 g/mol. The van der Waals surface area contributed by atoms with Crippen LogP contribution in [0.1, 0.15) is 0 Å². The van der Waals surface area contributed by atoms with Gasteiger partial charge >= 0.3 is 0 Å². The summed E-state index contributed by atoms with van der Waals surface area (Å²) in [5.74, 6) is 0.763. The van der Waals surface area contributed by atoms with Crippen LogP contribution >= 0.6 is 0 Å². The molecule has 83 valence electrons. The van der Waals surface area contributed by atoms with Crippen LogP contribution in [-0.4, -0.2) is 12.1 Å². The van der Waals surface area contributed by atoms with Gasteiger partial charge < -0.3 is 9.72 Å². The van der Waals surface area contributed by atoms with Crippen molar-refractivity contribution in [2.24, 2.45) is 0 Å². The van der Waals surface area contributed by atoms with Crippen LogP contribution in [0.3, 0.4) is 0 Å². The van der Waals surface area contributed by atoms with Crippen molar-refractivity contribution in [3.63, 3.8) is 0 Å². The molecule has 0 aliphatic heterocycles. The quantitative estimate of drug-likeness (QED) is 0.703. The van der Waals surface area contributed by atoms with Gasteiger partial charge in [0.1, 0.15) is 5.75 Å². The maximum absolute atomic E-state index is 5.32. The van der Waals surface area contributed by atoms with E-state index >= 15 is 0 Å². The summed E-state index contributed by atoms with van der Waals surface area (Å²) in [4.78, 5) is 3.39. The minimum atomic E-state index is 0.763. The Morgan fingerprint density at radius 1 is 1.12 bits per heavy atom. The highest BCUT2D eigenvalue weighted by molar-refractivity contribution is 5.86. The van der Waals surface area contributed by atoms with Crippen LogP contribution in [-0.2, 0) is 0 Å². The van der Waals surface area contributed by atoms with Gasteiger partial charge in [0.25, 0.3) is 0 Å². The zero-order valence-corrected chi connectivity index (χ0v) is 9.53. The minimum absolute atomic E-state index is 0.763. The van der Waals surface area contributed by atoms with E-state index in [1.54, 1.807) is 7.11 Å². The fourth-order valence-corrected chi connectivity index (χ4v) is 2.02. The summed E-state index contributed by atoms with van der Waals surface area (Å²) < 4.78 is 5.32. The Balaban J connectivity index is 2.20. The second kappa shape index (κ2) is 3.98. The predicted molar refractivity (Wildman–Crippen MR) is 69.1 cm³/mol. The lowest BCUT2D eigenvalue weighted by molar-refractivity contribution is 0.415. The third-order valence-corrected chi connectivity index (χ3v) is 2.84. The van der Waals surface area contributed by atoms with Crippen LogP contribution in [0.4, 0.5) is 0 Å². The SMILES string of the molecule is COc1[c]cccc1-c1cc2ccccc2[nH]1. The van der Waals surface area contributed by atoms with Crippen LogP contribution < -0.4 is 4.74 Å². The van der Waals surface area contributed by atoms with Crippen LogP contribution in [0.15, 0.2) is 48.5 Å². The van der Waals surface area contributed by atoms with Gasteiger partial charge in [-0.1, -0.05) is 30.3 Å². The average Bonchev–Trinajstić information content (AvgIpc) is 2.82. The van der Waals surface area contributed by atoms with Gasteiger partial charge in [-0.05, 0) is 18.2 Å². The molecule has 0 spiro atoms. The topological polar surface area (TPSA) is 25.0 Å². The van der Waals surface area contributed by atoms with E-state index in [9.17, 15) is 0 Å². The van der Waals surface area contributed by atoms with Crippen molar-refractivity contribution in [2.75, 3.05) is 7.11 Å². The van der Waals surface area contributed by atoms with Crippen molar-refractivity contribution in [1.82, 2.24) is 4.98 Å². The highest BCUT2D eigenvalue weighted by atomic mass is 16.5. The van der Waals surface area contributed by atoms with Crippen molar-refractivity contribution in [1.29, 1.82) is 0 Å². The lowest BCUT2D eigenvalue weighted by Crippen LogP contribution is -1.87. The molecule has 3 rings (SSSR count). The molecule has 0 atom stereocenters. The Morgan fingerprint density at radius 2 is 2.00 bits per heavy atom. The van der Waals surface area contributed by atoms with E-state index in [2.05, 4.69) is 29.2 Å². The van der Waals surface area contributed by atoms with Gasteiger partial charge in [-0.15, -0.1) is 0 Å². The highest BCUT2D eigenvalue weighted by Crippen LogP contribution is 2.30. The predicted octanol–water partition coefficient (Wildman–Crippen LogP) is 3.64. The molecule has 1 N–H and O–H groups in total. The van der Waals surface area contributed by atoms with Gasteiger partial charge in [0.05, 0.1) is 12.8 Å². The van der Waals surface area contributed by atoms with E-state index < -0.39 is 0 Å². The monoisotopic (exact) mass is 222 g/mol. The van der Waals surface area contributed by atoms with Crippen LogP contribution in [0.25, 0.3) is 22.2 Å². The van der Waals surface area contributed by atoms with Gasteiger partial charge in [-0.2, -0.15) is 0 Å². The molecule has 17 heavy (non-hydrogen) atoms. The number of hydrogen-bond acceptors (Lipinski definition) is 1. The first kappa shape index (κ1) is 9.97. The lowest BCUT2D eigenvalue weighted by Gasteiger charge is -2.05. The van der Waals surface area contributed by atoms with Gasteiger partial charge in [0, 0.05) is 22.5 Å². The van der Waals surface area contributed by atoms with Crippen LogP contribution in [0.2, 0.25) is 0 Å². The van der Waals surface area contributed by atoms with Crippen molar-refractivity contribution < 1.29 is 4.74 Å². The molecule has 3 aromatic rings. The Morgan fingerprint density at radius 3 is 2.82 bits per heavy atom. The number of benzene rings is 2. The summed E-state index contributed by atoms with van der Waals surface area (Å²) in [7, 11) is 1.66. The normalized spacial score (nSPS) is 10.6. The standard InChI is InChI=1S/C15H12NO/c1-17-15-9-5-3-7-12(15)14-10-11-6-2-4-8-13(11)16-14/h2-8,10,16H,1H3. The van der Waals surface area contributed by atoms with Gasteiger partial charge in [-0.3, -0.25) is 0 Å². The molecule has 0 fully saturated rings. The number of rotatable bonds is 2. The highest BCUT2D eigenvalue weighted by Gasteiger charge is 2.07. The Hall–Kier alpha value is -2.22. The Labute approximate surface area is 99.9 Å². The van der Waals surface area contributed by atoms with Crippen molar-refractivity contribution in [2.45, 2.75) is 0 Å². The van der Waals surface area contributed by atoms with E-state index in [1.165, 1.54) is 5.39 Å². The first-order chi connectivity index (χ1) is 8.38. The van der Waals surface area contributed by atoms with Gasteiger partial charge in [-0.25, -0.2) is 0 Å². The molecule has 2 nitrogen and oxygen atoms in total. The van der Waals surface area contributed by atoms with Crippen molar-refractivity contribution >= 4 is 10.9 Å². The molecule has 2 heteroatoms. The number of ether oxygens (including phenoxy) is 1. The number of nitrogens with one attached hydrogen (secondary N) is 1. The molecule has 0 aliphatic rings. The summed E-state index contributed by atoms with van der Waals surface area (Å²) in [6.07, 6.45) is 0. The number of para-hydroxylation sites is 2. The number of hydrogen-bond donors (Lipinski definition) is 1. The summed E-state index contributed by atoms with van der Waals surface area (Å²) in [6.45, 7) is 0. The second-order valence-corrected chi connectivity index (χ2v) is 3.89. The van der Waals surface area contributed by atoms with Crippen LogP contribution in [0.5, 0.6) is 5.75 Å². The smallest absolute Gasteiger partial charge is 0.136 e. The lowest BCUT2D eigenvalue weighted by atomic mass is 10.1. The molecule has 0 amide bonds. The second-order valence-electron chi connectivity index (χ2n) is 3.89. The first-order valence-electron chi connectivity index (χ1n) is 5.51. The van der Waals surface area contributed by atoms with E-state index in [4.69, 9.17) is 4.74 Å². The number of aromatic amines is 1. The van der Waals surface area contributed by atoms with E-state index in [0.29, 0.717) is 0 Å². The molecule has 2 aromatic carbocycles. The Kier molecular flexibility index (Phi) is 2.33. The minimum Gasteiger partial charge on any atom is -0.495 e. The molecule has 0 saturated heterocycles. The fraction of sp³-hybridized carbons (Fsp3) is 0.0667. The summed E-state index contributed by atoms with van der Waals surface area (Å²) in [6, 6.07) is 19.3. The number of H-pyrrole nitrogens is 1. The molecule has 0 bridgehead atoms. The molecule has 1 radical (unpaired) electrons. The van der Waals surface area contributed by atoms with Crippen molar-refractivity contribution in [3.8, 4) is 17.0 Å². The summed E-state index contributed by atoms with van der Waals surface area (Å²) in [5, 5.41) is 1.20. The number of aromatic nitrogens is 1. The molecular weight excluding hydrogens is 210 g/mol. The third-order valence-electron chi connectivity index (χ3n) is 2.84. The largest absolute Gasteiger partial charge is 0.495 e. The molecule has 0 unspecified atom stereocenters. The van der Waals surface area contributed by atoms with Crippen molar-refractivity contribution in [3.05, 3.63) is 54.6 Å². The maximum Gasteiger partial charge on any atom is 0.136 e. The Bertz CT molecular complexity index is 622. The van der Waals surface area contributed by atoms with E-state index in [1.807, 2.05) is 30.3 Å². The molecular formula is C15H12NO. The third kappa shape index (κ3) is 1.68. The number of fused-ring (bicyclic) bond motifs is 1. The molecule has 1 aromatic heterocycles. The molecule has 1 heterocycles. The van der Waals surface area contributed by atoms with Crippen LogP contribution in [0, 0.1) is 6.07 Å². The van der Waals surface area contributed by atoms with E-state index in [0.717, 1.165) is 22.5 Å². The first-order valence-corrected chi connectivity index (χ1v) is 5.51.